The van der Waals surface area contributed by atoms with Crippen LogP contribution < -0.4 is 10.9 Å². The Balaban J connectivity index is 1.68. The lowest BCUT2D eigenvalue weighted by Crippen LogP contribution is -2.36. The Morgan fingerprint density at radius 3 is 2.48 bits per heavy atom. The van der Waals surface area contributed by atoms with Crippen LogP contribution in [0, 0.1) is 0 Å². The summed E-state index contributed by atoms with van der Waals surface area (Å²) in [6.07, 6.45) is -1.56. The van der Waals surface area contributed by atoms with Crippen molar-refractivity contribution in [3.05, 3.63) is 45.8 Å². The van der Waals surface area contributed by atoms with Crippen LogP contribution in [0.4, 0.5) is 4.79 Å². The number of phosphoric acid groups is 1. The summed E-state index contributed by atoms with van der Waals surface area (Å²) in [6, 6.07) is 5.51. The first kappa shape index (κ1) is 24.1. The molecule has 15 heteroatoms. The molecular weight excluding hydrogens is 467 g/mol. The molecule has 0 atom stereocenters. The van der Waals surface area contributed by atoms with E-state index in [4.69, 9.17) is 19.0 Å². The number of nitrogens with zero attached hydrogens (tertiary/aromatic N) is 1. The van der Waals surface area contributed by atoms with Crippen LogP contribution >= 0.6 is 7.82 Å². The predicted octanol–water partition coefficient (Wildman–Crippen LogP) is 0.236. The van der Waals surface area contributed by atoms with Gasteiger partial charge >= 0.3 is 25.5 Å². The van der Waals surface area contributed by atoms with Crippen molar-refractivity contribution in [2.24, 2.45) is 0 Å². The molecule has 176 valence electrons. The normalized spacial score (nSPS) is 13.9. The summed E-state index contributed by atoms with van der Waals surface area (Å²) in [5, 5.41) is 3.09. The van der Waals surface area contributed by atoms with E-state index >= 15 is 0 Å². The van der Waals surface area contributed by atoms with Crippen molar-refractivity contribution in [1.82, 2.24) is 10.4 Å². The van der Waals surface area contributed by atoms with Gasteiger partial charge in [-0.05, 0) is 23.3 Å². The minimum atomic E-state index is -4.82. The molecule has 1 aliphatic heterocycles. The zero-order chi connectivity index (χ0) is 24.2. The summed E-state index contributed by atoms with van der Waals surface area (Å²) in [5.74, 6) is -2.18. The van der Waals surface area contributed by atoms with E-state index in [9.17, 15) is 28.5 Å². The second-order valence-corrected chi connectivity index (χ2v) is 7.91. The number of fused-ring (bicyclic) bond motifs is 1. The van der Waals surface area contributed by atoms with Gasteiger partial charge in [0.15, 0.2) is 0 Å². The summed E-state index contributed by atoms with van der Waals surface area (Å²) >= 11 is 0. The molecule has 1 saturated heterocycles. The molecular formula is C18H17N2O12P. The number of benzene rings is 1. The van der Waals surface area contributed by atoms with Crippen molar-refractivity contribution < 1.29 is 52.0 Å². The van der Waals surface area contributed by atoms with Crippen LogP contribution in [0.1, 0.15) is 24.0 Å². The van der Waals surface area contributed by atoms with Crippen LogP contribution in [0.25, 0.3) is 11.0 Å². The smallest absolute Gasteiger partial charge is 0.438 e. The van der Waals surface area contributed by atoms with Crippen LogP contribution in [0.2, 0.25) is 0 Å². The highest BCUT2D eigenvalue weighted by Crippen LogP contribution is 2.35. The van der Waals surface area contributed by atoms with E-state index < -0.39 is 50.5 Å². The summed E-state index contributed by atoms with van der Waals surface area (Å²) < 4.78 is 24.3. The average molecular weight is 484 g/mol. The molecule has 14 nitrogen and oxygen atoms in total. The van der Waals surface area contributed by atoms with Crippen LogP contribution in [0.3, 0.4) is 0 Å². The molecule has 3 N–H and O–H groups in total. The minimum absolute atomic E-state index is 0.0430. The zero-order valence-corrected chi connectivity index (χ0v) is 17.6. The van der Waals surface area contributed by atoms with E-state index in [1.165, 1.54) is 18.2 Å². The van der Waals surface area contributed by atoms with E-state index in [1.54, 1.807) is 0 Å². The topological polar surface area (TPSA) is 199 Å². The number of esters is 1. The molecule has 0 radical (unpaired) electrons. The molecule has 3 amide bonds. The van der Waals surface area contributed by atoms with Crippen molar-refractivity contribution >= 4 is 42.7 Å². The number of nitrogens with one attached hydrogen (secondary N) is 1. The van der Waals surface area contributed by atoms with Crippen molar-refractivity contribution in [3.8, 4) is 0 Å². The lowest BCUT2D eigenvalue weighted by Gasteiger charge is -2.13. The Kier molecular flexibility index (Phi) is 7.23. The van der Waals surface area contributed by atoms with E-state index in [-0.39, 0.29) is 30.5 Å². The molecule has 0 saturated carbocycles. The number of imide groups is 1. The predicted molar refractivity (Wildman–Crippen MR) is 105 cm³/mol. The Morgan fingerprint density at radius 2 is 1.82 bits per heavy atom. The number of carbonyl (C=O) groups is 4. The highest BCUT2D eigenvalue weighted by Gasteiger charge is 2.32. The van der Waals surface area contributed by atoms with E-state index in [0.717, 1.165) is 6.07 Å². The van der Waals surface area contributed by atoms with Gasteiger partial charge in [-0.1, -0.05) is 6.07 Å². The maximum atomic E-state index is 11.9. The zero-order valence-electron chi connectivity index (χ0n) is 16.7. The number of ether oxygens (including phenoxy) is 1. The van der Waals surface area contributed by atoms with Crippen molar-refractivity contribution in [3.63, 3.8) is 0 Å². The van der Waals surface area contributed by atoms with E-state index in [0.29, 0.717) is 16.0 Å². The molecule has 2 heterocycles. The fraction of sp³-hybridized carbons (Fsp3) is 0.278. The first-order valence-corrected chi connectivity index (χ1v) is 10.8. The molecule has 1 aromatic carbocycles. The van der Waals surface area contributed by atoms with Gasteiger partial charge in [-0.3, -0.25) is 14.4 Å². The third-order valence-corrected chi connectivity index (χ3v) is 4.73. The lowest BCUT2D eigenvalue weighted by atomic mass is 10.0. The monoisotopic (exact) mass is 484 g/mol. The van der Waals surface area contributed by atoms with Crippen LogP contribution in [0.15, 0.2) is 33.5 Å². The maximum Gasteiger partial charge on any atom is 0.472 e. The maximum absolute atomic E-state index is 11.9. The number of phosphoric ester groups is 1. The highest BCUT2D eigenvalue weighted by atomic mass is 31.2. The van der Waals surface area contributed by atoms with Crippen molar-refractivity contribution in [2.75, 3.05) is 6.79 Å². The molecule has 33 heavy (non-hydrogen) atoms. The van der Waals surface area contributed by atoms with Gasteiger partial charge in [-0.2, -0.15) is 0 Å². The Hall–Kier alpha value is -3.58. The Bertz CT molecular complexity index is 1200. The van der Waals surface area contributed by atoms with Gasteiger partial charge in [0.25, 0.3) is 11.8 Å². The molecule has 0 aliphatic carbocycles. The number of carbonyl (C=O) groups excluding carboxylic acids is 4. The molecule has 1 fully saturated rings. The van der Waals surface area contributed by atoms with Gasteiger partial charge in [-0.25, -0.2) is 18.7 Å². The third-order valence-electron chi connectivity index (χ3n) is 4.28. The molecule has 3 rings (SSSR count). The molecule has 0 unspecified atom stereocenters. The van der Waals surface area contributed by atoms with Gasteiger partial charge < -0.3 is 29.1 Å². The van der Waals surface area contributed by atoms with E-state index in [1.807, 2.05) is 0 Å². The van der Waals surface area contributed by atoms with Gasteiger partial charge in [0.05, 0.1) is 6.42 Å². The van der Waals surface area contributed by atoms with Gasteiger partial charge in [0.1, 0.15) is 5.58 Å². The van der Waals surface area contributed by atoms with Crippen LogP contribution in [0.5, 0.6) is 0 Å². The molecule has 2 aromatic rings. The van der Waals surface area contributed by atoms with Gasteiger partial charge in [0.2, 0.25) is 6.79 Å². The first-order valence-electron chi connectivity index (χ1n) is 9.25. The quantitative estimate of drug-likeness (QED) is 0.152. The first-order chi connectivity index (χ1) is 15.5. The summed E-state index contributed by atoms with van der Waals surface area (Å²) in [5.41, 5.74) is 0.0782. The second kappa shape index (κ2) is 9.92. The van der Waals surface area contributed by atoms with Gasteiger partial charge in [0, 0.05) is 30.8 Å². The van der Waals surface area contributed by atoms with Gasteiger partial charge in [-0.15, -0.1) is 5.06 Å². The Morgan fingerprint density at radius 1 is 1.12 bits per heavy atom. The fourth-order valence-corrected chi connectivity index (χ4v) is 3.04. The second-order valence-electron chi connectivity index (χ2n) is 6.67. The Labute approximate surface area is 184 Å². The molecule has 1 aromatic heterocycles. The number of rotatable bonds is 8. The number of hydrogen-bond donors (Lipinski definition) is 3. The van der Waals surface area contributed by atoms with Crippen LogP contribution in [-0.4, -0.2) is 45.5 Å². The minimum Gasteiger partial charge on any atom is -0.438 e. The summed E-state index contributed by atoms with van der Waals surface area (Å²) in [6.45, 7) is -1.08. The summed E-state index contributed by atoms with van der Waals surface area (Å²) in [7, 11) is -4.82. The standard InChI is InChI=1S/C18H17N2O12P/c21-14-3-4-15(22)20(14)32-18(25)19-8-10-1-2-13-12(5-10)11(7-17(24)31-13)6-16(23)29-9-30-33(26,27)28/h1-2,5,7H,3-4,6,8-9H2,(H,19,25)(H2,26,27,28). The average Bonchev–Trinajstić information content (AvgIpc) is 3.03. The number of hydroxylamine groups is 2. The largest absolute Gasteiger partial charge is 0.472 e. The van der Waals surface area contributed by atoms with Crippen molar-refractivity contribution in [1.29, 1.82) is 0 Å². The van der Waals surface area contributed by atoms with Crippen LogP contribution in [-0.2, 0) is 46.0 Å². The highest BCUT2D eigenvalue weighted by molar-refractivity contribution is 7.46. The van der Waals surface area contributed by atoms with Crippen molar-refractivity contribution in [2.45, 2.75) is 25.8 Å². The SMILES string of the molecule is O=C(Cc1cc(=O)oc2ccc(CNC(=O)ON3C(=O)CCC3=O)cc12)OCOP(=O)(O)O. The number of amides is 3. The van der Waals surface area contributed by atoms with E-state index in [2.05, 4.69) is 14.6 Å². The fourth-order valence-electron chi connectivity index (χ4n) is 2.85. The summed E-state index contributed by atoms with van der Waals surface area (Å²) in [4.78, 5) is 80.5. The molecule has 1 aliphatic rings. The molecule has 0 bridgehead atoms. The third kappa shape index (κ3) is 6.70. The molecule has 0 spiro atoms. The lowest BCUT2D eigenvalue weighted by molar-refractivity contribution is -0.171. The number of hydrogen-bond acceptors (Lipinski definition) is 10.